The van der Waals surface area contributed by atoms with E-state index in [1.807, 2.05) is 49.4 Å². The monoisotopic (exact) mass is 516 g/mol. The fourth-order valence-corrected chi connectivity index (χ4v) is 4.57. The normalized spacial score (nSPS) is 11.1. The molecule has 0 radical (unpaired) electrons. The van der Waals surface area contributed by atoms with Crippen LogP contribution in [-0.4, -0.2) is 6.61 Å². The Balaban J connectivity index is 1.35. The van der Waals surface area contributed by atoms with E-state index in [9.17, 15) is 13.2 Å². The molecule has 0 atom stereocenters. The molecule has 0 amide bonds. The zero-order valence-electron chi connectivity index (χ0n) is 22.2. The molecule has 198 valence electrons. The predicted molar refractivity (Wildman–Crippen MR) is 150 cm³/mol. The average Bonchev–Trinajstić information content (AvgIpc) is 2.93. The highest BCUT2D eigenvalue weighted by Gasteiger charge is 2.15. The van der Waals surface area contributed by atoms with Gasteiger partial charge in [0.1, 0.15) is 0 Å². The van der Waals surface area contributed by atoms with Crippen LogP contribution < -0.4 is 4.74 Å². The Morgan fingerprint density at radius 2 is 1.32 bits per heavy atom. The van der Waals surface area contributed by atoms with Crippen LogP contribution in [0.2, 0.25) is 0 Å². The van der Waals surface area contributed by atoms with Gasteiger partial charge in [-0.25, -0.2) is 13.2 Å². The summed E-state index contributed by atoms with van der Waals surface area (Å²) < 4.78 is 49.8. The van der Waals surface area contributed by atoms with Gasteiger partial charge in [0.25, 0.3) is 0 Å². The summed E-state index contributed by atoms with van der Waals surface area (Å²) in [7, 11) is 0. The van der Waals surface area contributed by atoms with Crippen LogP contribution in [0.3, 0.4) is 0 Å². The van der Waals surface area contributed by atoms with E-state index in [1.54, 1.807) is 30.3 Å². The van der Waals surface area contributed by atoms with Gasteiger partial charge in [-0.05, 0) is 66.1 Å². The van der Waals surface area contributed by atoms with Crippen molar-refractivity contribution in [1.29, 1.82) is 0 Å². The van der Waals surface area contributed by atoms with E-state index in [-0.39, 0.29) is 17.1 Å². The molecule has 0 saturated heterocycles. The van der Waals surface area contributed by atoms with Crippen LogP contribution in [0.4, 0.5) is 13.2 Å². The number of halogens is 3. The van der Waals surface area contributed by atoms with Crippen molar-refractivity contribution in [3.8, 4) is 28.0 Å². The van der Waals surface area contributed by atoms with Crippen LogP contribution in [0.5, 0.6) is 5.75 Å². The molecule has 0 spiro atoms. The molecule has 0 N–H and O–H groups in total. The van der Waals surface area contributed by atoms with Crippen molar-refractivity contribution in [1.82, 2.24) is 0 Å². The van der Waals surface area contributed by atoms with Crippen LogP contribution in [0.1, 0.15) is 55.7 Å². The van der Waals surface area contributed by atoms with Crippen molar-refractivity contribution in [3.05, 3.63) is 113 Å². The number of rotatable bonds is 12. The summed E-state index contributed by atoms with van der Waals surface area (Å²) >= 11 is 0. The molecular formula is C34H35F3O. The lowest BCUT2D eigenvalue weighted by atomic mass is 9.97. The molecular weight excluding hydrogens is 481 g/mol. The predicted octanol–water partition coefficient (Wildman–Crippen LogP) is 9.88. The van der Waals surface area contributed by atoms with Crippen molar-refractivity contribution in [2.24, 2.45) is 0 Å². The second-order valence-corrected chi connectivity index (χ2v) is 9.87. The molecule has 0 bridgehead atoms. The van der Waals surface area contributed by atoms with Crippen LogP contribution in [0.15, 0.2) is 78.9 Å². The molecule has 0 aromatic heterocycles. The first-order valence-electron chi connectivity index (χ1n) is 13.5. The third-order valence-corrected chi connectivity index (χ3v) is 6.93. The molecule has 0 unspecified atom stereocenters. The van der Waals surface area contributed by atoms with Crippen molar-refractivity contribution in [2.45, 2.75) is 58.8 Å². The summed E-state index contributed by atoms with van der Waals surface area (Å²) in [6.07, 6.45) is 6.58. The Bertz CT molecular complexity index is 1330. The molecule has 4 aromatic carbocycles. The molecule has 0 aliphatic carbocycles. The van der Waals surface area contributed by atoms with Gasteiger partial charge in [0.15, 0.2) is 23.2 Å². The second-order valence-electron chi connectivity index (χ2n) is 9.87. The number of hydrogen-bond acceptors (Lipinski definition) is 1. The lowest BCUT2D eigenvalue weighted by molar-refractivity contribution is 0.290. The third kappa shape index (κ3) is 7.06. The Morgan fingerprint density at radius 1 is 0.632 bits per heavy atom. The molecule has 4 rings (SSSR count). The van der Waals surface area contributed by atoms with E-state index in [0.717, 1.165) is 35.1 Å². The van der Waals surface area contributed by atoms with E-state index >= 15 is 0 Å². The number of unbranched alkanes of at least 4 members (excludes halogenated alkanes) is 4. The minimum Gasteiger partial charge on any atom is -0.491 e. The fourth-order valence-electron chi connectivity index (χ4n) is 4.57. The zero-order chi connectivity index (χ0) is 26.9. The van der Waals surface area contributed by atoms with Crippen molar-refractivity contribution >= 4 is 0 Å². The van der Waals surface area contributed by atoms with Crippen molar-refractivity contribution in [2.75, 3.05) is 6.61 Å². The Labute approximate surface area is 224 Å². The van der Waals surface area contributed by atoms with Gasteiger partial charge in [-0.2, -0.15) is 0 Å². The van der Waals surface area contributed by atoms with Gasteiger partial charge < -0.3 is 4.74 Å². The highest BCUT2D eigenvalue weighted by atomic mass is 19.2. The lowest BCUT2D eigenvalue weighted by Crippen LogP contribution is -2.00. The topological polar surface area (TPSA) is 9.23 Å². The van der Waals surface area contributed by atoms with Gasteiger partial charge >= 0.3 is 0 Å². The highest BCUT2D eigenvalue weighted by molar-refractivity contribution is 5.66. The summed E-state index contributed by atoms with van der Waals surface area (Å²) in [5.74, 6) is -1.69. The zero-order valence-corrected chi connectivity index (χ0v) is 22.2. The number of aryl methyl sites for hydroxylation is 3. The third-order valence-electron chi connectivity index (χ3n) is 6.93. The summed E-state index contributed by atoms with van der Waals surface area (Å²) in [4.78, 5) is 0. The molecule has 38 heavy (non-hydrogen) atoms. The van der Waals surface area contributed by atoms with Gasteiger partial charge in [-0.1, -0.05) is 105 Å². The van der Waals surface area contributed by atoms with E-state index in [2.05, 4.69) is 6.92 Å². The fraction of sp³-hybridized carbons (Fsp3) is 0.294. The minimum atomic E-state index is -0.812. The summed E-state index contributed by atoms with van der Waals surface area (Å²) in [6.45, 7) is 4.65. The number of benzene rings is 4. The highest BCUT2D eigenvalue weighted by Crippen LogP contribution is 2.29. The molecule has 4 heteroatoms. The summed E-state index contributed by atoms with van der Waals surface area (Å²) in [5, 5.41) is 0. The van der Waals surface area contributed by atoms with Crippen molar-refractivity contribution in [3.63, 3.8) is 0 Å². The molecule has 4 aromatic rings. The van der Waals surface area contributed by atoms with E-state index in [4.69, 9.17) is 4.74 Å². The molecule has 0 fully saturated rings. The van der Waals surface area contributed by atoms with Gasteiger partial charge in [0.05, 0.1) is 6.61 Å². The quantitative estimate of drug-likeness (QED) is 0.170. The first-order valence-corrected chi connectivity index (χ1v) is 13.5. The maximum absolute atomic E-state index is 14.8. The molecule has 0 aliphatic rings. The first-order chi connectivity index (χ1) is 18.5. The van der Waals surface area contributed by atoms with Gasteiger partial charge in [-0.3, -0.25) is 0 Å². The molecule has 0 aliphatic heterocycles. The summed E-state index contributed by atoms with van der Waals surface area (Å²) in [6, 6.07) is 23.5. The average molecular weight is 517 g/mol. The Kier molecular flexibility index (Phi) is 9.64. The van der Waals surface area contributed by atoms with Gasteiger partial charge in [-0.15, -0.1) is 0 Å². The van der Waals surface area contributed by atoms with Crippen LogP contribution in [0, 0.1) is 24.4 Å². The van der Waals surface area contributed by atoms with E-state index in [1.165, 1.54) is 25.3 Å². The van der Waals surface area contributed by atoms with Gasteiger partial charge in [0, 0.05) is 5.56 Å². The minimum absolute atomic E-state index is 0.270. The standard InChI is InChI=1S/C34H35F3O/c1-3-4-5-6-7-22-38-32-21-19-29(23-31(32)35)26-15-10-25(11-16-26)12-17-28-18-20-30(34(37)33(28)36)27-13-8-24(2)9-14-27/h8-11,13-16,18-21,23H,3-7,12,17,22H2,1-2H3. The first kappa shape index (κ1) is 27.5. The molecule has 0 saturated carbocycles. The number of ether oxygens (including phenoxy) is 1. The number of hydrogen-bond donors (Lipinski definition) is 0. The van der Waals surface area contributed by atoms with Gasteiger partial charge in [0.2, 0.25) is 0 Å². The Hall–Kier alpha value is -3.53. The smallest absolute Gasteiger partial charge is 0.166 e. The largest absolute Gasteiger partial charge is 0.491 e. The van der Waals surface area contributed by atoms with Crippen LogP contribution in [-0.2, 0) is 12.8 Å². The van der Waals surface area contributed by atoms with E-state index < -0.39 is 11.6 Å². The maximum atomic E-state index is 14.8. The second kappa shape index (κ2) is 13.3. The van der Waals surface area contributed by atoms with Crippen molar-refractivity contribution < 1.29 is 17.9 Å². The Morgan fingerprint density at radius 3 is 2.03 bits per heavy atom. The summed E-state index contributed by atoms with van der Waals surface area (Å²) in [5.41, 5.74) is 5.00. The lowest BCUT2D eigenvalue weighted by Gasteiger charge is -2.11. The van der Waals surface area contributed by atoms with E-state index in [0.29, 0.717) is 30.6 Å². The SMILES string of the molecule is CCCCCCCOc1ccc(-c2ccc(CCc3ccc(-c4ccc(C)cc4)c(F)c3F)cc2)cc1F. The maximum Gasteiger partial charge on any atom is 0.166 e. The molecule has 0 heterocycles. The van der Waals surface area contributed by atoms with Crippen LogP contribution in [0.25, 0.3) is 22.3 Å². The molecule has 1 nitrogen and oxygen atoms in total. The van der Waals surface area contributed by atoms with Crippen LogP contribution >= 0.6 is 0 Å².